The number of benzene rings is 2. The quantitative estimate of drug-likeness (QED) is 0.358. The maximum absolute atomic E-state index is 13.6. The molecule has 1 aromatic heterocycles. The minimum Gasteiger partial charge on any atom is -0.497 e. The Morgan fingerprint density at radius 2 is 1.62 bits per heavy atom. The first kappa shape index (κ1) is 20.2. The lowest BCUT2D eigenvalue weighted by atomic mass is 10.2. The zero-order valence-electron chi connectivity index (χ0n) is 14.7. The molecule has 5 nitrogen and oxygen atoms in total. The van der Waals surface area contributed by atoms with Crippen LogP contribution in [0.2, 0.25) is 0 Å². The maximum atomic E-state index is 13.6. The number of ether oxygens (including phenoxy) is 2. The molecule has 0 bridgehead atoms. The number of rotatable bonds is 6. The van der Waals surface area contributed by atoms with Crippen molar-refractivity contribution in [3.63, 3.8) is 0 Å². The molecule has 1 N–H and O–H groups in total. The molecule has 0 fully saturated rings. The summed E-state index contributed by atoms with van der Waals surface area (Å²) in [5, 5.41) is 2.55. The Balaban J connectivity index is 1.70. The molecule has 10 heteroatoms. The van der Waals surface area contributed by atoms with Crippen LogP contribution >= 0.6 is 0 Å². The first-order chi connectivity index (χ1) is 13.8. The Kier molecular flexibility index (Phi) is 5.71. The number of hydrogen-bond acceptors (Lipinski definition) is 4. The lowest BCUT2D eigenvalue weighted by Gasteiger charge is -2.09. The molecule has 0 unspecified atom stereocenters. The van der Waals surface area contributed by atoms with Gasteiger partial charge in [0.1, 0.15) is 18.1 Å². The van der Waals surface area contributed by atoms with Crippen LogP contribution in [0.1, 0.15) is 16.3 Å². The molecule has 1 amide bonds. The molecule has 29 heavy (non-hydrogen) atoms. The summed E-state index contributed by atoms with van der Waals surface area (Å²) in [5.41, 5.74) is 0.421. The van der Waals surface area contributed by atoms with Gasteiger partial charge in [-0.1, -0.05) is 6.07 Å². The summed E-state index contributed by atoms with van der Waals surface area (Å²) in [6, 6.07) is 9.02. The highest BCUT2D eigenvalue weighted by molar-refractivity contribution is 6.02. The predicted molar refractivity (Wildman–Crippen MR) is 90.2 cm³/mol. The number of carbonyl (C=O) groups excluding carboxylic acids is 1. The van der Waals surface area contributed by atoms with Gasteiger partial charge in [-0.2, -0.15) is 8.78 Å². The van der Waals surface area contributed by atoms with Crippen molar-refractivity contribution >= 4 is 11.6 Å². The van der Waals surface area contributed by atoms with Crippen molar-refractivity contribution in [2.24, 2.45) is 0 Å². The van der Waals surface area contributed by atoms with Gasteiger partial charge in [0.25, 0.3) is 5.91 Å². The van der Waals surface area contributed by atoms with Crippen molar-refractivity contribution < 1.29 is 40.6 Å². The van der Waals surface area contributed by atoms with E-state index in [9.17, 15) is 26.7 Å². The van der Waals surface area contributed by atoms with Gasteiger partial charge in [0, 0.05) is 11.8 Å². The summed E-state index contributed by atoms with van der Waals surface area (Å²) in [6.45, 7) is -0.676. The van der Waals surface area contributed by atoms with Gasteiger partial charge in [-0.05, 0) is 24.3 Å². The van der Waals surface area contributed by atoms with E-state index in [0.29, 0.717) is 11.4 Å². The zero-order chi connectivity index (χ0) is 21.1. The predicted octanol–water partition coefficient (Wildman–Crippen LogP) is 4.82. The minimum atomic E-state index is -2.29. The second kappa shape index (κ2) is 8.21. The van der Waals surface area contributed by atoms with Crippen molar-refractivity contribution in [3.05, 3.63) is 77.0 Å². The molecule has 3 rings (SSSR count). The number of furan rings is 1. The lowest BCUT2D eigenvalue weighted by molar-refractivity contribution is 0.0992. The molecular weight excluding hydrogens is 401 g/mol. The Bertz CT molecular complexity index is 1040. The topological polar surface area (TPSA) is 60.7 Å². The number of amides is 1. The van der Waals surface area contributed by atoms with Crippen LogP contribution in [0.3, 0.4) is 0 Å². The Labute approximate surface area is 160 Å². The fraction of sp³-hybridized carbons (Fsp3) is 0.105. The van der Waals surface area contributed by atoms with Gasteiger partial charge in [-0.3, -0.25) is 4.79 Å². The van der Waals surface area contributed by atoms with Crippen molar-refractivity contribution in [3.8, 4) is 11.5 Å². The van der Waals surface area contributed by atoms with Crippen LogP contribution in [0.4, 0.5) is 27.6 Å². The van der Waals surface area contributed by atoms with E-state index in [4.69, 9.17) is 9.15 Å². The largest absolute Gasteiger partial charge is 0.497 e. The van der Waals surface area contributed by atoms with Crippen LogP contribution in [0.25, 0.3) is 0 Å². The molecular formula is C19H12F5NO4. The Morgan fingerprint density at radius 3 is 2.28 bits per heavy atom. The van der Waals surface area contributed by atoms with Crippen molar-refractivity contribution in [2.75, 3.05) is 12.4 Å². The van der Waals surface area contributed by atoms with Gasteiger partial charge >= 0.3 is 0 Å². The summed E-state index contributed by atoms with van der Waals surface area (Å²) in [5.74, 6) is -12.6. The highest BCUT2D eigenvalue weighted by Crippen LogP contribution is 2.30. The highest BCUT2D eigenvalue weighted by atomic mass is 19.2. The molecule has 0 spiro atoms. The second-order valence-electron chi connectivity index (χ2n) is 5.64. The molecule has 0 saturated carbocycles. The maximum Gasteiger partial charge on any atom is 0.291 e. The van der Waals surface area contributed by atoms with Crippen LogP contribution in [0.15, 0.2) is 40.8 Å². The van der Waals surface area contributed by atoms with E-state index in [2.05, 4.69) is 10.1 Å². The number of anilines is 1. The molecule has 0 radical (unpaired) electrons. The second-order valence-corrected chi connectivity index (χ2v) is 5.64. The molecule has 2 aromatic carbocycles. The highest BCUT2D eigenvalue weighted by Gasteiger charge is 2.27. The molecule has 0 atom stereocenters. The van der Waals surface area contributed by atoms with Gasteiger partial charge in [-0.15, -0.1) is 0 Å². The first-order valence-electron chi connectivity index (χ1n) is 8.00. The van der Waals surface area contributed by atoms with E-state index in [1.807, 2.05) is 0 Å². The molecule has 0 aliphatic carbocycles. The van der Waals surface area contributed by atoms with Crippen molar-refractivity contribution in [1.82, 2.24) is 0 Å². The molecule has 0 saturated heterocycles. The average molecular weight is 413 g/mol. The number of nitrogens with one attached hydrogen (secondary N) is 1. The van der Waals surface area contributed by atoms with Gasteiger partial charge in [0.2, 0.25) is 29.1 Å². The SMILES string of the molecule is COc1cccc(NC(=O)c2ccc(COc3c(F)c(F)c(F)c(F)c3F)o2)c1. The van der Waals surface area contributed by atoms with Crippen molar-refractivity contribution in [1.29, 1.82) is 0 Å². The summed E-state index contributed by atoms with van der Waals surface area (Å²) < 4.78 is 81.4. The van der Waals surface area contributed by atoms with Crippen LogP contribution in [0, 0.1) is 29.1 Å². The summed E-state index contributed by atoms with van der Waals surface area (Å²) in [4.78, 5) is 12.2. The van der Waals surface area contributed by atoms with Gasteiger partial charge in [0.15, 0.2) is 11.5 Å². The number of halogens is 5. The van der Waals surface area contributed by atoms with Gasteiger partial charge in [-0.25, -0.2) is 13.2 Å². The molecule has 3 aromatic rings. The van der Waals surface area contributed by atoms with Crippen LogP contribution in [-0.4, -0.2) is 13.0 Å². The Morgan fingerprint density at radius 1 is 0.966 bits per heavy atom. The summed E-state index contributed by atoms with van der Waals surface area (Å²) in [7, 11) is 1.46. The summed E-state index contributed by atoms with van der Waals surface area (Å²) >= 11 is 0. The number of methoxy groups -OCH3 is 1. The fourth-order valence-corrected chi connectivity index (χ4v) is 2.33. The monoisotopic (exact) mass is 413 g/mol. The third kappa shape index (κ3) is 4.15. The molecule has 0 aliphatic heterocycles. The van der Waals surface area contributed by atoms with E-state index in [1.165, 1.54) is 19.2 Å². The van der Waals surface area contributed by atoms with E-state index in [-0.39, 0.29) is 11.5 Å². The standard InChI is InChI=1S/C19H12F5NO4/c1-27-10-4-2-3-9(7-10)25-19(26)12-6-5-11(29-12)8-28-18-16(23)14(21)13(20)15(22)17(18)24/h2-7H,8H2,1H3,(H,25,26). The third-order valence-electron chi connectivity index (χ3n) is 3.74. The van der Waals surface area contributed by atoms with Crippen LogP contribution in [-0.2, 0) is 6.61 Å². The molecule has 0 aliphatic rings. The zero-order valence-corrected chi connectivity index (χ0v) is 14.7. The van der Waals surface area contributed by atoms with E-state index < -0.39 is 47.3 Å². The minimum absolute atomic E-state index is 0.0790. The van der Waals surface area contributed by atoms with E-state index >= 15 is 0 Å². The average Bonchev–Trinajstić information content (AvgIpc) is 3.20. The fourth-order valence-electron chi connectivity index (χ4n) is 2.33. The lowest BCUT2D eigenvalue weighted by Crippen LogP contribution is -2.11. The van der Waals surface area contributed by atoms with Gasteiger partial charge in [0.05, 0.1) is 7.11 Å². The summed E-state index contributed by atoms with van der Waals surface area (Å²) in [6.07, 6.45) is 0. The molecule has 1 heterocycles. The molecule has 152 valence electrons. The van der Waals surface area contributed by atoms with E-state index in [1.54, 1.807) is 24.3 Å². The smallest absolute Gasteiger partial charge is 0.291 e. The normalized spacial score (nSPS) is 10.7. The number of hydrogen-bond donors (Lipinski definition) is 1. The van der Waals surface area contributed by atoms with Crippen LogP contribution in [0.5, 0.6) is 11.5 Å². The van der Waals surface area contributed by atoms with Crippen molar-refractivity contribution in [2.45, 2.75) is 6.61 Å². The third-order valence-corrected chi connectivity index (χ3v) is 3.74. The van der Waals surface area contributed by atoms with Gasteiger partial charge < -0.3 is 19.2 Å². The number of carbonyl (C=O) groups is 1. The van der Waals surface area contributed by atoms with E-state index in [0.717, 1.165) is 0 Å². The van der Waals surface area contributed by atoms with Crippen LogP contribution < -0.4 is 14.8 Å². The first-order valence-corrected chi connectivity index (χ1v) is 8.00. The Hall–Kier alpha value is -3.56.